The van der Waals surface area contributed by atoms with Crippen molar-refractivity contribution in [2.45, 2.75) is 34.1 Å². The zero-order valence-corrected chi connectivity index (χ0v) is 8.98. The predicted octanol–water partition coefficient (Wildman–Crippen LogP) is 4.16. The fraction of sp³-hybridized carbons (Fsp3) is 0.600. The first-order valence-electron chi connectivity index (χ1n) is 4.30. The smallest absolute Gasteiger partial charge is 0.193 e. The minimum Gasteiger partial charge on any atom is -0.450 e. The molecule has 0 aliphatic heterocycles. The maximum Gasteiger partial charge on any atom is 0.193 e. The lowest BCUT2D eigenvalue weighted by Gasteiger charge is -1.81. The molecule has 0 spiro atoms. The molecule has 12 heavy (non-hydrogen) atoms. The molecule has 0 amide bonds. The molecule has 0 fully saturated rings. The van der Waals surface area contributed by atoms with Crippen molar-refractivity contribution in [1.82, 2.24) is 0 Å². The molecule has 2 heteroatoms. The molecule has 0 aliphatic carbocycles. The Hall–Kier alpha value is -0.430. The van der Waals surface area contributed by atoms with Gasteiger partial charge in [0, 0.05) is 6.42 Å². The third kappa shape index (κ3) is 6.29. The SMILES string of the molecule is CC(C)C.CCc1ccc(Cl)o1. The monoisotopic (exact) mass is 188 g/mol. The Balaban J connectivity index is 0.000000261. The highest BCUT2D eigenvalue weighted by Crippen LogP contribution is 2.12. The van der Waals surface area contributed by atoms with E-state index in [4.69, 9.17) is 16.0 Å². The van der Waals surface area contributed by atoms with Crippen LogP contribution < -0.4 is 0 Å². The number of hydrogen-bond donors (Lipinski definition) is 0. The molecule has 0 aliphatic rings. The Morgan fingerprint density at radius 1 is 1.33 bits per heavy atom. The van der Waals surface area contributed by atoms with E-state index < -0.39 is 0 Å². The molecular weight excluding hydrogens is 172 g/mol. The van der Waals surface area contributed by atoms with Crippen molar-refractivity contribution in [2.75, 3.05) is 0 Å². The first kappa shape index (κ1) is 11.6. The second kappa shape index (κ2) is 6.13. The van der Waals surface area contributed by atoms with Gasteiger partial charge in [0.05, 0.1) is 0 Å². The van der Waals surface area contributed by atoms with Crippen molar-refractivity contribution in [2.24, 2.45) is 5.92 Å². The minimum atomic E-state index is 0.474. The Morgan fingerprint density at radius 3 is 2.00 bits per heavy atom. The maximum absolute atomic E-state index is 5.47. The number of furan rings is 1. The molecule has 1 rings (SSSR count). The number of aryl methyl sites for hydroxylation is 1. The number of rotatable bonds is 1. The summed E-state index contributed by atoms with van der Waals surface area (Å²) in [4.78, 5) is 0. The van der Waals surface area contributed by atoms with Crippen LogP contribution >= 0.6 is 11.6 Å². The van der Waals surface area contributed by atoms with Gasteiger partial charge in [-0.05, 0) is 29.7 Å². The Kier molecular flexibility index (Phi) is 5.91. The summed E-state index contributed by atoms with van der Waals surface area (Å²) < 4.78 is 5.00. The lowest BCUT2D eigenvalue weighted by molar-refractivity contribution is 0.518. The van der Waals surface area contributed by atoms with Gasteiger partial charge in [0.25, 0.3) is 0 Å². The minimum absolute atomic E-state index is 0.474. The van der Waals surface area contributed by atoms with Gasteiger partial charge in [0.2, 0.25) is 0 Å². The number of hydrogen-bond acceptors (Lipinski definition) is 1. The van der Waals surface area contributed by atoms with Gasteiger partial charge in [-0.15, -0.1) is 0 Å². The summed E-state index contributed by atoms with van der Waals surface area (Å²) in [5, 5.41) is 0.474. The summed E-state index contributed by atoms with van der Waals surface area (Å²) in [5.41, 5.74) is 0. The van der Waals surface area contributed by atoms with Crippen LogP contribution in [0.1, 0.15) is 33.5 Å². The van der Waals surface area contributed by atoms with Gasteiger partial charge in [0.15, 0.2) is 5.22 Å². The van der Waals surface area contributed by atoms with E-state index in [0.29, 0.717) is 5.22 Å². The lowest BCUT2D eigenvalue weighted by atomic mass is 10.3. The van der Waals surface area contributed by atoms with Gasteiger partial charge >= 0.3 is 0 Å². The van der Waals surface area contributed by atoms with E-state index in [9.17, 15) is 0 Å². The van der Waals surface area contributed by atoms with Crippen LogP contribution in [0.25, 0.3) is 0 Å². The van der Waals surface area contributed by atoms with Crippen LogP contribution in [0.5, 0.6) is 0 Å². The van der Waals surface area contributed by atoms with Crippen molar-refractivity contribution < 1.29 is 4.42 Å². The van der Waals surface area contributed by atoms with Crippen LogP contribution in [0.3, 0.4) is 0 Å². The van der Waals surface area contributed by atoms with Crippen LogP contribution in [0, 0.1) is 5.92 Å². The van der Waals surface area contributed by atoms with E-state index in [1.807, 2.05) is 13.0 Å². The molecule has 0 radical (unpaired) electrons. The van der Waals surface area contributed by atoms with Crippen molar-refractivity contribution in [1.29, 1.82) is 0 Å². The third-order valence-electron chi connectivity index (χ3n) is 0.977. The van der Waals surface area contributed by atoms with E-state index >= 15 is 0 Å². The van der Waals surface area contributed by atoms with Gasteiger partial charge in [-0.25, -0.2) is 0 Å². The summed E-state index contributed by atoms with van der Waals surface area (Å²) in [6.45, 7) is 8.52. The highest BCUT2D eigenvalue weighted by molar-refractivity contribution is 6.28. The van der Waals surface area contributed by atoms with E-state index in [2.05, 4.69) is 20.8 Å². The molecule has 0 saturated heterocycles. The molecule has 0 unspecified atom stereocenters. The Morgan fingerprint density at radius 2 is 1.83 bits per heavy atom. The average Bonchev–Trinajstić information content (AvgIpc) is 2.34. The van der Waals surface area contributed by atoms with Gasteiger partial charge in [0.1, 0.15) is 5.76 Å². The molecule has 1 aromatic heterocycles. The highest BCUT2D eigenvalue weighted by Gasteiger charge is 1.93. The normalized spacial score (nSPS) is 9.50. The summed E-state index contributed by atoms with van der Waals surface area (Å²) in [6, 6.07) is 3.63. The van der Waals surface area contributed by atoms with Crippen molar-refractivity contribution in [3.63, 3.8) is 0 Å². The van der Waals surface area contributed by atoms with Crippen LogP contribution in [0.2, 0.25) is 5.22 Å². The van der Waals surface area contributed by atoms with Crippen LogP contribution in [-0.4, -0.2) is 0 Å². The second-order valence-corrected chi connectivity index (χ2v) is 3.66. The Bertz CT molecular complexity index is 201. The highest BCUT2D eigenvalue weighted by atomic mass is 35.5. The van der Waals surface area contributed by atoms with Crippen molar-refractivity contribution in [3.05, 3.63) is 23.1 Å². The molecule has 0 aromatic carbocycles. The quantitative estimate of drug-likeness (QED) is 0.645. The zero-order chi connectivity index (χ0) is 9.56. The van der Waals surface area contributed by atoms with Crippen LogP contribution in [0.4, 0.5) is 0 Å². The summed E-state index contributed by atoms with van der Waals surface area (Å²) >= 11 is 5.47. The standard InChI is InChI=1S/C6H7ClO.C4H10/c1-2-5-3-4-6(7)8-5;1-4(2)3/h3-4H,2H2,1H3;4H,1-3H3. The van der Waals surface area contributed by atoms with Crippen molar-refractivity contribution in [3.8, 4) is 0 Å². The first-order chi connectivity index (χ1) is 5.56. The van der Waals surface area contributed by atoms with E-state index in [1.54, 1.807) is 6.07 Å². The molecular formula is C10H17ClO. The summed E-state index contributed by atoms with van der Waals surface area (Å²) in [7, 11) is 0. The van der Waals surface area contributed by atoms with Gasteiger partial charge < -0.3 is 4.42 Å². The maximum atomic E-state index is 5.47. The molecule has 1 aromatic rings. The molecule has 0 bridgehead atoms. The van der Waals surface area contributed by atoms with Crippen molar-refractivity contribution >= 4 is 11.6 Å². The molecule has 0 atom stereocenters. The van der Waals surface area contributed by atoms with Gasteiger partial charge in [-0.2, -0.15) is 0 Å². The molecule has 0 N–H and O–H groups in total. The topological polar surface area (TPSA) is 13.1 Å². The Labute approximate surface area is 79.7 Å². The molecule has 1 nitrogen and oxygen atoms in total. The van der Waals surface area contributed by atoms with Crippen LogP contribution in [0.15, 0.2) is 16.5 Å². The van der Waals surface area contributed by atoms with E-state index in [0.717, 1.165) is 18.1 Å². The molecule has 0 saturated carbocycles. The predicted molar refractivity (Wildman–Crippen MR) is 53.6 cm³/mol. The van der Waals surface area contributed by atoms with Crippen LogP contribution in [-0.2, 0) is 6.42 Å². The molecule has 70 valence electrons. The summed E-state index contributed by atoms with van der Waals surface area (Å²) in [6.07, 6.45) is 0.909. The fourth-order valence-electron chi connectivity index (χ4n) is 0.542. The zero-order valence-electron chi connectivity index (χ0n) is 8.23. The van der Waals surface area contributed by atoms with E-state index in [-0.39, 0.29) is 0 Å². The third-order valence-corrected chi connectivity index (χ3v) is 1.18. The first-order valence-corrected chi connectivity index (χ1v) is 4.68. The largest absolute Gasteiger partial charge is 0.450 e. The fourth-order valence-corrected chi connectivity index (χ4v) is 0.704. The molecule has 1 heterocycles. The lowest BCUT2D eigenvalue weighted by Crippen LogP contribution is -1.67. The summed E-state index contributed by atoms with van der Waals surface area (Å²) in [5.74, 6) is 1.77. The van der Waals surface area contributed by atoms with Gasteiger partial charge in [-0.3, -0.25) is 0 Å². The van der Waals surface area contributed by atoms with E-state index in [1.165, 1.54) is 0 Å². The van der Waals surface area contributed by atoms with Gasteiger partial charge in [-0.1, -0.05) is 27.7 Å². The second-order valence-electron chi connectivity index (χ2n) is 3.29. The average molecular weight is 189 g/mol. The number of halogens is 1.